The highest BCUT2D eigenvalue weighted by Gasteiger charge is 2.05. The number of hydrogen-bond acceptors (Lipinski definition) is 3. The fourth-order valence-electron chi connectivity index (χ4n) is 1.65. The minimum absolute atomic E-state index is 0.0456. The summed E-state index contributed by atoms with van der Waals surface area (Å²) in [7, 11) is 0. The average molecular weight is 291 g/mol. The summed E-state index contributed by atoms with van der Waals surface area (Å²) < 4.78 is 0. The molecule has 0 unspecified atom stereocenters. The van der Waals surface area contributed by atoms with Crippen LogP contribution < -0.4 is 16.0 Å². The highest BCUT2D eigenvalue weighted by Crippen LogP contribution is 2.13. The van der Waals surface area contributed by atoms with E-state index in [1.807, 2.05) is 6.92 Å². The Labute approximate surface area is 124 Å². The smallest absolute Gasteiger partial charge is 0.243 e. The van der Waals surface area contributed by atoms with E-state index < -0.39 is 0 Å². The van der Waals surface area contributed by atoms with Crippen LogP contribution in [0.1, 0.15) is 33.1 Å². The van der Waals surface area contributed by atoms with Gasteiger partial charge in [0.1, 0.15) is 0 Å². The fourth-order valence-corrected chi connectivity index (χ4v) is 1.65. The summed E-state index contributed by atoms with van der Waals surface area (Å²) in [5.41, 5.74) is 1.27. The van der Waals surface area contributed by atoms with Crippen LogP contribution in [0.15, 0.2) is 24.3 Å². The Morgan fingerprint density at radius 1 is 0.952 bits per heavy atom. The van der Waals surface area contributed by atoms with Crippen LogP contribution in [0.4, 0.5) is 11.4 Å². The third-order valence-corrected chi connectivity index (χ3v) is 2.69. The van der Waals surface area contributed by atoms with Crippen molar-refractivity contribution < 1.29 is 14.4 Å². The SMILES string of the molecule is CCCCC(=O)NCC(=O)Nc1ccc(NC(C)=O)cc1. The minimum Gasteiger partial charge on any atom is -0.347 e. The van der Waals surface area contributed by atoms with Crippen LogP contribution in [0.25, 0.3) is 0 Å². The third-order valence-electron chi connectivity index (χ3n) is 2.69. The number of rotatable bonds is 7. The zero-order valence-electron chi connectivity index (χ0n) is 12.4. The molecule has 0 spiro atoms. The van der Waals surface area contributed by atoms with Crippen molar-refractivity contribution in [1.82, 2.24) is 5.32 Å². The Morgan fingerprint density at radius 2 is 1.52 bits per heavy atom. The molecule has 6 heteroatoms. The number of anilines is 2. The van der Waals surface area contributed by atoms with Gasteiger partial charge in [-0.3, -0.25) is 14.4 Å². The van der Waals surface area contributed by atoms with Crippen LogP contribution in [0.2, 0.25) is 0 Å². The van der Waals surface area contributed by atoms with Gasteiger partial charge in [0.05, 0.1) is 6.54 Å². The first kappa shape index (κ1) is 16.7. The average Bonchev–Trinajstić information content (AvgIpc) is 2.44. The summed E-state index contributed by atoms with van der Waals surface area (Å²) >= 11 is 0. The van der Waals surface area contributed by atoms with E-state index in [0.717, 1.165) is 12.8 Å². The number of carbonyl (C=O) groups is 3. The molecule has 0 saturated carbocycles. The van der Waals surface area contributed by atoms with Gasteiger partial charge in [0.15, 0.2) is 0 Å². The maximum Gasteiger partial charge on any atom is 0.243 e. The zero-order valence-corrected chi connectivity index (χ0v) is 12.4. The Morgan fingerprint density at radius 3 is 2.05 bits per heavy atom. The molecule has 0 saturated heterocycles. The summed E-state index contributed by atoms with van der Waals surface area (Å²) in [5, 5.41) is 7.87. The second kappa shape index (κ2) is 8.73. The van der Waals surface area contributed by atoms with Gasteiger partial charge in [-0.05, 0) is 30.7 Å². The molecular formula is C15H21N3O3. The molecule has 0 aromatic heterocycles. The molecule has 0 aliphatic heterocycles. The van der Waals surface area contributed by atoms with Gasteiger partial charge in [-0.15, -0.1) is 0 Å². The van der Waals surface area contributed by atoms with Gasteiger partial charge in [-0.1, -0.05) is 13.3 Å². The van der Waals surface area contributed by atoms with Gasteiger partial charge >= 0.3 is 0 Å². The Hall–Kier alpha value is -2.37. The Kier molecular flexibility index (Phi) is 6.94. The van der Waals surface area contributed by atoms with Crippen LogP contribution in [-0.2, 0) is 14.4 Å². The van der Waals surface area contributed by atoms with Crippen molar-refractivity contribution in [2.45, 2.75) is 33.1 Å². The van der Waals surface area contributed by atoms with Gasteiger partial charge in [0.25, 0.3) is 0 Å². The first-order valence-electron chi connectivity index (χ1n) is 6.95. The predicted molar refractivity (Wildman–Crippen MR) is 81.9 cm³/mol. The lowest BCUT2D eigenvalue weighted by atomic mass is 10.2. The van der Waals surface area contributed by atoms with Crippen LogP contribution in [0.5, 0.6) is 0 Å². The maximum atomic E-state index is 11.7. The minimum atomic E-state index is -0.285. The fraction of sp³-hybridized carbons (Fsp3) is 0.400. The number of amides is 3. The van der Waals surface area contributed by atoms with Crippen molar-refractivity contribution in [3.05, 3.63) is 24.3 Å². The van der Waals surface area contributed by atoms with E-state index in [4.69, 9.17) is 0 Å². The molecule has 3 amide bonds. The molecule has 1 rings (SSSR count). The largest absolute Gasteiger partial charge is 0.347 e. The summed E-state index contributed by atoms with van der Waals surface area (Å²) in [6.45, 7) is 3.39. The normalized spacial score (nSPS) is 9.81. The Bertz CT molecular complexity index is 497. The monoisotopic (exact) mass is 291 g/mol. The molecule has 0 radical (unpaired) electrons. The van der Waals surface area contributed by atoms with Crippen molar-refractivity contribution in [2.24, 2.45) is 0 Å². The highest BCUT2D eigenvalue weighted by atomic mass is 16.2. The van der Waals surface area contributed by atoms with Crippen LogP contribution >= 0.6 is 0 Å². The van der Waals surface area contributed by atoms with Gasteiger partial charge in [-0.25, -0.2) is 0 Å². The van der Waals surface area contributed by atoms with Crippen molar-refractivity contribution in [3.8, 4) is 0 Å². The second-order valence-electron chi connectivity index (χ2n) is 4.69. The molecule has 0 aliphatic rings. The summed E-state index contributed by atoms with van der Waals surface area (Å²) in [6.07, 6.45) is 2.20. The first-order chi connectivity index (χ1) is 10.0. The van der Waals surface area contributed by atoms with E-state index in [1.54, 1.807) is 24.3 Å². The molecule has 0 fully saturated rings. The maximum absolute atomic E-state index is 11.7. The molecule has 0 bridgehead atoms. The number of unbranched alkanes of at least 4 members (excludes halogenated alkanes) is 1. The highest BCUT2D eigenvalue weighted by molar-refractivity contribution is 5.95. The standard InChI is InChI=1S/C15H21N3O3/c1-3-4-5-14(20)16-10-15(21)18-13-8-6-12(7-9-13)17-11(2)19/h6-9H,3-5,10H2,1-2H3,(H,16,20)(H,17,19)(H,18,21). The summed E-state index contributed by atoms with van der Waals surface area (Å²) in [5.74, 6) is -0.554. The number of carbonyl (C=O) groups excluding carboxylic acids is 3. The van der Waals surface area contributed by atoms with E-state index in [0.29, 0.717) is 17.8 Å². The molecule has 0 aliphatic carbocycles. The topological polar surface area (TPSA) is 87.3 Å². The van der Waals surface area contributed by atoms with E-state index in [9.17, 15) is 14.4 Å². The van der Waals surface area contributed by atoms with E-state index in [1.165, 1.54) is 6.92 Å². The third kappa shape index (κ3) is 7.10. The molecule has 6 nitrogen and oxygen atoms in total. The lowest BCUT2D eigenvalue weighted by Crippen LogP contribution is -2.32. The van der Waals surface area contributed by atoms with Crippen molar-refractivity contribution in [3.63, 3.8) is 0 Å². The van der Waals surface area contributed by atoms with Gasteiger partial charge in [0.2, 0.25) is 17.7 Å². The van der Waals surface area contributed by atoms with Crippen LogP contribution in [0, 0.1) is 0 Å². The van der Waals surface area contributed by atoms with Crippen LogP contribution in [0.3, 0.4) is 0 Å². The predicted octanol–water partition coefficient (Wildman–Crippen LogP) is 1.89. The Balaban J connectivity index is 2.37. The lowest BCUT2D eigenvalue weighted by molar-refractivity contribution is -0.124. The van der Waals surface area contributed by atoms with E-state index in [2.05, 4.69) is 16.0 Å². The summed E-state index contributed by atoms with van der Waals surface area (Å²) in [4.78, 5) is 33.9. The number of nitrogens with one attached hydrogen (secondary N) is 3. The van der Waals surface area contributed by atoms with E-state index in [-0.39, 0.29) is 24.3 Å². The van der Waals surface area contributed by atoms with E-state index >= 15 is 0 Å². The molecule has 0 heterocycles. The first-order valence-corrected chi connectivity index (χ1v) is 6.95. The van der Waals surface area contributed by atoms with Gasteiger partial charge in [-0.2, -0.15) is 0 Å². The molecule has 0 atom stereocenters. The molecule has 3 N–H and O–H groups in total. The summed E-state index contributed by atoms with van der Waals surface area (Å²) in [6, 6.07) is 6.75. The zero-order chi connectivity index (χ0) is 15.7. The van der Waals surface area contributed by atoms with Crippen molar-refractivity contribution in [1.29, 1.82) is 0 Å². The van der Waals surface area contributed by atoms with Crippen molar-refractivity contribution >= 4 is 29.1 Å². The molecule has 1 aromatic rings. The number of benzene rings is 1. The molecule has 114 valence electrons. The lowest BCUT2D eigenvalue weighted by Gasteiger charge is -2.08. The number of hydrogen-bond donors (Lipinski definition) is 3. The molecule has 21 heavy (non-hydrogen) atoms. The second-order valence-corrected chi connectivity index (χ2v) is 4.69. The van der Waals surface area contributed by atoms with Crippen molar-refractivity contribution in [2.75, 3.05) is 17.2 Å². The molecule has 1 aromatic carbocycles. The van der Waals surface area contributed by atoms with Gasteiger partial charge in [0, 0.05) is 24.7 Å². The van der Waals surface area contributed by atoms with Gasteiger partial charge < -0.3 is 16.0 Å². The van der Waals surface area contributed by atoms with Crippen LogP contribution in [-0.4, -0.2) is 24.3 Å². The quantitative estimate of drug-likeness (QED) is 0.717. The molecular weight excluding hydrogens is 270 g/mol.